The van der Waals surface area contributed by atoms with Crippen LogP contribution in [0.2, 0.25) is 0 Å². The van der Waals surface area contributed by atoms with E-state index in [1.165, 1.54) is 11.1 Å². The van der Waals surface area contributed by atoms with Crippen molar-refractivity contribution in [2.24, 2.45) is 0 Å². The minimum atomic E-state index is 0.818. The molecule has 3 rings (SSSR count). The van der Waals surface area contributed by atoms with Gasteiger partial charge in [0.25, 0.3) is 0 Å². The second-order valence-corrected chi connectivity index (χ2v) is 7.80. The molecule has 0 aliphatic carbocycles. The maximum Gasteiger partial charge on any atom is 0.210 e. The number of hydrogen-bond donors (Lipinski definition) is 1. The minimum absolute atomic E-state index is 0.818. The first-order valence-corrected chi connectivity index (χ1v) is 9.33. The van der Waals surface area contributed by atoms with Crippen molar-refractivity contribution in [1.29, 1.82) is 0 Å². The van der Waals surface area contributed by atoms with Crippen molar-refractivity contribution < 1.29 is 0 Å². The molecule has 3 nitrogen and oxygen atoms in total. The molecule has 112 valence electrons. The Morgan fingerprint density at radius 3 is 2.64 bits per heavy atom. The van der Waals surface area contributed by atoms with E-state index in [0.29, 0.717) is 0 Å². The summed E-state index contributed by atoms with van der Waals surface area (Å²) < 4.78 is 2.09. The van der Waals surface area contributed by atoms with E-state index >= 15 is 0 Å². The second-order valence-electron chi connectivity index (χ2n) is 4.74. The fraction of sp³-hybridized carbons (Fsp3) is 0.125. The molecule has 0 atom stereocenters. The summed E-state index contributed by atoms with van der Waals surface area (Å²) in [5, 5.41) is 12.5. The number of thioether (sulfide) groups is 1. The predicted octanol–water partition coefficient (Wildman–Crippen LogP) is 5.64. The van der Waals surface area contributed by atoms with Crippen LogP contribution in [-0.4, -0.2) is 10.2 Å². The first kappa shape index (κ1) is 15.5. The Hall–Kier alpha value is -1.37. The van der Waals surface area contributed by atoms with Crippen LogP contribution >= 0.6 is 39.0 Å². The molecule has 22 heavy (non-hydrogen) atoms. The lowest BCUT2D eigenvalue weighted by molar-refractivity contribution is 1.01. The molecule has 0 aliphatic rings. The van der Waals surface area contributed by atoms with Gasteiger partial charge in [-0.2, -0.15) is 0 Å². The normalized spacial score (nSPS) is 10.6. The van der Waals surface area contributed by atoms with E-state index in [-0.39, 0.29) is 0 Å². The highest BCUT2D eigenvalue weighted by atomic mass is 79.9. The molecule has 1 aromatic heterocycles. The number of anilines is 2. The molecule has 1 heterocycles. The second kappa shape index (κ2) is 7.26. The van der Waals surface area contributed by atoms with Gasteiger partial charge in [-0.05, 0) is 30.7 Å². The van der Waals surface area contributed by atoms with E-state index in [1.54, 1.807) is 23.1 Å². The summed E-state index contributed by atoms with van der Waals surface area (Å²) >= 11 is 6.83. The van der Waals surface area contributed by atoms with Gasteiger partial charge in [-0.1, -0.05) is 74.9 Å². The number of halogens is 1. The SMILES string of the molecule is Cc1ccc(Nc2nnc(SCc3ccccc3Br)s2)cc1. The van der Waals surface area contributed by atoms with Crippen molar-refractivity contribution in [3.05, 3.63) is 64.1 Å². The van der Waals surface area contributed by atoms with Gasteiger partial charge in [-0.3, -0.25) is 0 Å². The van der Waals surface area contributed by atoms with Gasteiger partial charge in [0.05, 0.1) is 0 Å². The Morgan fingerprint density at radius 2 is 1.86 bits per heavy atom. The Bertz CT molecular complexity index is 756. The highest BCUT2D eigenvalue weighted by Gasteiger charge is 2.07. The monoisotopic (exact) mass is 391 g/mol. The van der Waals surface area contributed by atoms with Crippen LogP contribution in [0, 0.1) is 6.92 Å². The van der Waals surface area contributed by atoms with Crippen molar-refractivity contribution >= 4 is 49.8 Å². The third-order valence-electron chi connectivity index (χ3n) is 3.02. The van der Waals surface area contributed by atoms with Crippen molar-refractivity contribution in [2.75, 3.05) is 5.32 Å². The highest BCUT2D eigenvalue weighted by molar-refractivity contribution is 9.10. The zero-order valence-corrected chi connectivity index (χ0v) is 15.1. The summed E-state index contributed by atoms with van der Waals surface area (Å²) in [5.41, 5.74) is 3.53. The van der Waals surface area contributed by atoms with Gasteiger partial charge in [0.2, 0.25) is 5.13 Å². The molecule has 1 N–H and O–H groups in total. The van der Waals surface area contributed by atoms with Gasteiger partial charge in [0.1, 0.15) is 0 Å². The van der Waals surface area contributed by atoms with E-state index < -0.39 is 0 Å². The van der Waals surface area contributed by atoms with Gasteiger partial charge >= 0.3 is 0 Å². The molecular weight excluding hydrogens is 378 g/mol. The summed E-state index contributed by atoms with van der Waals surface area (Å²) in [6, 6.07) is 16.5. The van der Waals surface area contributed by atoms with E-state index in [2.05, 4.69) is 62.6 Å². The lowest BCUT2D eigenvalue weighted by Crippen LogP contribution is -1.88. The van der Waals surface area contributed by atoms with E-state index in [0.717, 1.165) is 25.4 Å². The number of rotatable bonds is 5. The highest BCUT2D eigenvalue weighted by Crippen LogP contribution is 2.31. The summed E-state index contributed by atoms with van der Waals surface area (Å²) in [7, 11) is 0. The Balaban J connectivity index is 1.61. The largest absolute Gasteiger partial charge is 0.330 e. The van der Waals surface area contributed by atoms with E-state index in [1.807, 2.05) is 24.3 Å². The van der Waals surface area contributed by atoms with Gasteiger partial charge in [0.15, 0.2) is 4.34 Å². The summed E-state index contributed by atoms with van der Waals surface area (Å²) in [6.45, 7) is 2.07. The number of nitrogens with one attached hydrogen (secondary N) is 1. The zero-order chi connectivity index (χ0) is 15.4. The van der Waals surface area contributed by atoms with E-state index in [9.17, 15) is 0 Å². The van der Waals surface area contributed by atoms with E-state index in [4.69, 9.17) is 0 Å². The van der Waals surface area contributed by atoms with Gasteiger partial charge < -0.3 is 5.32 Å². The molecule has 0 amide bonds. The number of aromatic nitrogens is 2. The number of hydrogen-bond acceptors (Lipinski definition) is 5. The summed E-state index contributed by atoms with van der Waals surface area (Å²) in [5.74, 6) is 0.876. The molecule has 0 spiro atoms. The molecule has 3 aromatic rings. The molecule has 0 fully saturated rings. The molecule has 2 aromatic carbocycles. The fourth-order valence-corrected chi connectivity index (χ4v) is 4.22. The molecule has 6 heteroatoms. The minimum Gasteiger partial charge on any atom is -0.330 e. The number of nitrogens with zero attached hydrogens (tertiary/aromatic N) is 2. The smallest absolute Gasteiger partial charge is 0.210 e. The standard InChI is InChI=1S/C16H14BrN3S2/c1-11-6-8-13(9-7-11)18-15-19-20-16(22-15)21-10-12-4-2-3-5-14(12)17/h2-9H,10H2,1H3,(H,18,19). The third kappa shape index (κ3) is 4.09. The van der Waals surface area contributed by atoms with Crippen LogP contribution in [0.3, 0.4) is 0 Å². The quantitative estimate of drug-likeness (QED) is 0.570. The Morgan fingerprint density at radius 1 is 1.09 bits per heavy atom. The molecular formula is C16H14BrN3S2. The predicted molar refractivity (Wildman–Crippen MR) is 98.1 cm³/mol. The average Bonchev–Trinajstić information content (AvgIpc) is 2.96. The number of aryl methyl sites for hydroxylation is 1. The van der Waals surface area contributed by atoms with Crippen LogP contribution in [-0.2, 0) is 5.75 Å². The topological polar surface area (TPSA) is 37.8 Å². The third-order valence-corrected chi connectivity index (χ3v) is 5.81. The summed E-state index contributed by atoms with van der Waals surface area (Å²) in [6.07, 6.45) is 0. The van der Waals surface area contributed by atoms with Crippen LogP contribution in [0.25, 0.3) is 0 Å². The molecule has 0 unspecified atom stereocenters. The van der Waals surface area contributed by atoms with Crippen molar-refractivity contribution in [3.63, 3.8) is 0 Å². The first-order valence-electron chi connectivity index (χ1n) is 6.74. The lowest BCUT2D eigenvalue weighted by atomic mass is 10.2. The number of benzene rings is 2. The maximum absolute atomic E-state index is 4.23. The molecule has 0 aliphatic heterocycles. The van der Waals surface area contributed by atoms with Crippen LogP contribution in [0.4, 0.5) is 10.8 Å². The zero-order valence-electron chi connectivity index (χ0n) is 11.9. The Labute approximate surface area is 146 Å². The summed E-state index contributed by atoms with van der Waals surface area (Å²) in [4.78, 5) is 0. The maximum atomic E-state index is 4.23. The van der Waals surface area contributed by atoms with Crippen LogP contribution < -0.4 is 5.32 Å². The van der Waals surface area contributed by atoms with Gasteiger partial charge in [-0.25, -0.2) is 0 Å². The first-order chi connectivity index (χ1) is 10.7. The van der Waals surface area contributed by atoms with Gasteiger partial charge in [0, 0.05) is 15.9 Å². The Kier molecular flexibility index (Phi) is 5.12. The lowest BCUT2D eigenvalue weighted by Gasteiger charge is -2.02. The average molecular weight is 392 g/mol. The van der Waals surface area contributed by atoms with Crippen molar-refractivity contribution in [2.45, 2.75) is 17.0 Å². The van der Waals surface area contributed by atoms with Gasteiger partial charge in [-0.15, -0.1) is 10.2 Å². The molecule has 0 saturated carbocycles. The fourth-order valence-electron chi connectivity index (χ4n) is 1.83. The van der Waals surface area contributed by atoms with Crippen molar-refractivity contribution in [3.8, 4) is 0 Å². The van der Waals surface area contributed by atoms with Crippen LogP contribution in [0.1, 0.15) is 11.1 Å². The van der Waals surface area contributed by atoms with Crippen molar-refractivity contribution in [1.82, 2.24) is 10.2 Å². The van der Waals surface area contributed by atoms with Crippen LogP contribution in [0.15, 0.2) is 57.3 Å². The molecule has 0 bridgehead atoms. The molecule has 0 saturated heterocycles. The molecule has 0 radical (unpaired) electrons. The van der Waals surface area contributed by atoms with Crippen LogP contribution in [0.5, 0.6) is 0 Å².